The Balaban J connectivity index is 1.16. The highest BCUT2D eigenvalue weighted by Crippen LogP contribution is 2.31. The van der Waals surface area contributed by atoms with Crippen molar-refractivity contribution in [2.24, 2.45) is 0 Å². The van der Waals surface area contributed by atoms with Gasteiger partial charge in [-0.2, -0.15) is 0 Å². The van der Waals surface area contributed by atoms with Crippen molar-refractivity contribution >= 4 is 51.4 Å². The number of nitrogens with zero attached hydrogens (tertiary/aromatic N) is 3. The molecule has 5 rings (SSSR count). The molecule has 3 aromatic carbocycles. The number of benzene rings is 3. The molecule has 1 aliphatic rings. The topological polar surface area (TPSA) is 31.4 Å². The summed E-state index contributed by atoms with van der Waals surface area (Å²) < 4.78 is 0. The van der Waals surface area contributed by atoms with Crippen LogP contribution in [0.3, 0.4) is 0 Å². The van der Waals surface area contributed by atoms with Crippen molar-refractivity contribution < 1.29 is 0 Å². The summed E-state index contributed by atoms with van der Waals surface area (Å²) in [4.78, 5) is 9.55. The molecule has 1 aromatic heterocycles. The van der Waals surface area contributed by atoms with Gasteiger partial charge in [0.25, 0.3) is 0 Å². The predicted molar refractivity (Wildman–Crippen MR) is 153 cm³/mol. The lowest BCUT2D eigenvalue weighted by Crippen LogP contribution is -2.48. The molecule has 4 aromatic rings. The predicted octanol–water partition coefficient (Wildman–Crippen LogP) is 7.40. The van der Waals surface area contributed by atoms with E-state index in [9.17, 15) is 0 Å². The number of halogens is 3. The van der Waals surface area contributed by atoms with E-state index in [1.807, 2.05) is 54.7 Å². The van der Waals surface area contributed by atoms with Crippen LogP contribution in [0.1, 0.15) is 23.6 Å². The van der Waals surface area contributed by atoms with Gasteiger partial charge in [0.2, 0.25) is 0 Å². The minimum Gasteiger partial charge on any atom is -0.384 e. The monoisotopic (exact) mass is 538 g/mol. The van der Waals surface area contributed by atoms with Gasteiger partial charge in [0.1, 0.15) is 0 Å². The molecule has 1 aliphatic heterocycles. The van der Waals surface area contributed by atoms with Crippen LogP contribution in [0.4, 0.5) is 5.69 Å². The van der Waals surface area contributed by atoms with Gasteiger partial charge in [-0.15, -0.1) is 0 Å². The van der Waals surface area contributed by atoms with Gasteiger partial charge >= 0.3 is 0 Å². The van der Waals surface area contributed by atoms with E-state index < -0.39 is 0 Å². The first-order valence-corrected chi connectivity index (χ1v) is 13.5. The van der Waals surface area contributed by atoms with Crippen LogP contribution in [0.5, 0.6) is 0 Å². The number of nitrogens with one attached hydrogen (secondary N) is 1. The van der Waals surface area contributed by atoms with E-state index in [0.29, 0.717) is 5.02 Å². The van der Waals surface area contributed by atoms with Crippen LogP contribution in [-0.4, -0.2) is 54.1 Å². The molecule has 0 radical (unpaired) electrons. The van der Waals surface area contributed by atoms with Crippen molar-refractivity contribution in [2.75, 3.05) is 44.6 Å². The lowest BCUT2D eigenvalue weighted by Gasteiger charge is -2.40. The Hall–Kier alpha value is -2.34. The first-order chi connectivity index (χ1) is 17.6. The van der Waals surface area contributed by atoms with Crippen LogP contribution in [0.2, 0.25) is 15.1 Å². The first-order valence-electron chi connectivity index (χ1n) is 12.3. The maximum absolute atomic E-state index is 6.17. The number of fused-ring (bicyclic) bond motifs is 1. The molecule has 0 amide bonds. The third-order valence-corrected chi connectivity index (χ3v) is 7.55. The van der Waals surface area contributed by atoms with Crippen LogP contribution >= 0.6 is 34.8 Å². The minimum atomic E-state index is 0.192. The number of piperazine rings is 1. The molecule has 186 valence electrons. The van der Waals surface area contributed by atoms with Gasteiger partial charge in [0.15, 0.2) is 0 Å². The molecular weight excluding hydrogens is 511 g/mol. The summed E-state index contributed by atoms with van der Waals surface area (Å²) in [5, 5.41) is 6.92. The quantitative estimate of drug-likeness (QED) is 0.236. The lowest BCUT2D eigenvalue weighted by atomic mass is 9.96. The van der Waals surface area contributed by atoms with E-state index in [0.717, 1.165) is 72.3 Å². The standard InChI is InChI=1S/C29H29Cl3N4/c30-23-6-2-21(3-7-23)29(22-4-8-24(31)9-5-22)36-18-16-35(17-19-36)15-1-13-33-27-12-14-34-28-20-25(32)10-11-26(27)28/h2-12,14,20,29H,1,13,15-19H2,(H,33,34). The second-order valence-corrected chi connectivity index (χ2v) is 10.5. The average Bonchev–Trinajstić information content (AvgIpc) is 2.89. The molecule has 2 heterocycles. The van der Waals surface area contributed by atoms with E-state index in [1.54, 1.807) is 0 Å². The minimum absolute atomic E-state index is 0.192. The fourth-order valence-electron chi connectivity index (χ4n) is 4.95. The zero-order chi connectivity index (χ0) is 24.9. The van der Waals surface area contributed by atoms with Crippen molar-refractivity contribution in [2.45, 2.75) is 12.5 Å². The Morgan fingerprint density at radius 1 is 0.750 bits per heavy atom. The highest BCUT2D eigenvalue weighted by molar-refractivity contribution is 6.31. The lowest BCUT2D eigenvalue weighted by molar-refractivity contribution is 0.109. The number of anilines is 1. The molecular formula is C29H29Cl3N4. The second kappa shape index (κ2) is 11.8. The molecule has 0 atom stereocenters. The summed E-state index contributed by atoms with van der Waals surface area (Å²) in [5.41, 5.74) is 4.53. The van der Waals surface area contributed by atoms with Crippen molar-refractivity contribution in [1.82, 2.24) is 14.8 Å². The van der Waals surface area contributed by atoms with Gasteiger partial charge in [0, 0.05) is 65.1 Å². The number of pyridine rings is 1. The highest BCUT2D eigenvalue weighted by atomic mass is 35.5. The molecule has 0 spiro atoms. The van der Waals surface area contributed by atoms with Crippen molar-refractivity contribution in [3.63, 3.8) is 0 Å². The van der Waals surface area contributed by atoms with Gasteiger partial charge in [-0.25, -0.2) is 0 Å². The highest BCUT2D eigenvalue weighted by Gasteiger charge is 2.26. The maximum atomic E-state index is 6.17. The number of hydrogen-bond donors (Lipinski definition) is 1. The van der Waals surface area contributed by atoms with Crippen molar-refractivity contribution in [1.29, 1.82) is 0 Å². The molecule has 0 saturated carbocycles. The SMILES string of the molecule is Clc1ccc(C(c2ccc(Cl)cc2)N2CCN(CCCNc3ccnc4cc(Cl)ccc34)CC2)cc1. The van der Waals surface area contributed by atoms with E-state index in [2.05, 4.69) is 44.4 Å². The van der Waals surface area contributed by atoms with E-state index in [-0.39, 0.29) is 6.04 Å². The molecule has 4 nitrogen and oxygen atoms in total. The van der Waals surface area contributed by atoms with Gasteiger partial charge in [-0.3, -0.25) is 9.88 Å². The largest absolute Gasteiger partial charge is 0.384 e. The van der Waals surface area contributed by atoms with Crippen molar-refractivity contribution in [3.8, 4) is 0 Å². The van der Waals surface area contributed by atoms with Gasteiger partial charge in [0.05, 0.1) is 11.6 Å². The third-order valence-electron chi connectivity index (χ3n) is 6.81. The van der Waals surface area contributed by atoms with E-state index in [4.69, 9.17) is 34.8 Å². The number of hydrogen-bond acceptors (Lipinski definition) is 4. The van der Waals surface area contributed by atoms with Crippen LogP contribution in [0.15, 0.2) is 79.0 Å². The summed E-state index contributed by atoms with van der Waals surface area (Å²) in [5.74, 6) is 0. The second-order valence-electron chi connectivity index (χ2n) is 9.18. The molecule has 0 bridgehead atoms. The summed E-state index contributed by atoms with van der Waals surface area (Å²) in [6, 6.07) is 24.5. The zero-order valence-corrected chi connectivity index (χ0v) is 22.3. The maximum Gasteiger partial charge on any atom is 0.0737 e. The molecule has 1 saturated heterocycles. The van der Waals surface area contributed by atoms with Crippen LogP contribution in [-0.2, 0) is 0 Å². The molecule has 1 N–H and O–H groups in total. The fraction of sp³-hybridized carbons (Fsp3) is 0.276. The summed E-state index contributed by atoms with van der Waals surface area (Å²) in [6.07, 6.45) is 2.91. The molecule has 36 heavy (non-hydrogen) atoms. The Morgan fingerprint density at radius 3 is 2.00 bits per heavy atom. The van der Waals surface area contributed by atoms with Crippen LogP contribution < -0.4 is 5.32 Å². The van der Waals surface area contributed by atoms with Crippen LogP contribution in [0.25, 0.3) is 10.9 Å². The Bertz CT molecular complexity index is 1240. The normalized spacial score (nSPS) is 15.0. The van der Waals surface area contributed by atoms with Gasteiger partial charge in [-0.1, -0.05) is 59.1 Å². The zero-order valence-electron chi connectivity index (χ0n) is 20.0. The van der Waals surface area contributed by atoms with Crippen LogP contribution in [0, 0.1) is 0 Å². The van der Waals surface area contributed by atoms with E-state index >= 15 is 0 Å². The number of rotatable bonds is 8. The van der Waals surface area contributed by atoms with E-state index in [1.165, 1.54) is 11.1 Å². The first kappa shape index (κ1) is 25.3. The summed E-state index contributed by atoms with van der Waals surface area (Å²) in [7, 11) is 0. The molecule has 0 aliphatic carbocycles. The Kier molecular flexibility index (Phi) is 8.30. The smallest absolute Gasteiger partial charge is 0.0737 e. The van der Waals surface area contributed by atoms with Crippen molar-refractivity contribution in [3.05, 3.63) is 105 Å². The average molecular weight is 540 g/mol. The number of aromatic nitrogens is 1. The fourth-order valence-corrected chi connectivity index (χ4v) is 5.37. The molecule has 7 heteroatoms. The summed E-state index contributed by atoms with van der Waals surface area (Å²) >= 11 is 18.5. The van der Waals surface area contributed by atoms with Gasteiger partial charge < -0.3 is 10.2 Å². The molecule has 1 fully saturated rings. The Morgan fingerprint density at radius 2 is 1.36 bits per heavy atom. The summed E-state index contributed by atoms with van der Waals surface area (Å²) in [6.45, 7) is 6.11. The molecule has 0 unspecified atom stereocenters. The third kappa shape index (κ3) is 6.13. The van der Waals surface area contributed by atoms with Gasteiger partial charge in [-0.05, 0) is 72.6 Å². The Labute approximate surface area is 227 Å².